The van der Waals surface area contributed by atoms with Crippen molar-refractivity contribution in [2.24, 2.45) is 23.7 Å². The predicted octanol–water partition coefficient (Wildman–Crippen LogP) is 3.45. The highest BCUT2D eigenvalue weighted by atomic mass is 19.4. The number of carbonyl (C=O) groups is 1. The Morgan fingerprint density at radius 3 is 2.05 bits per heavy atom. The lowest BCUT2D eigenvalue weighted by atomic mass is 9.55. The minimum atomic E-state index is -4.75. The first-order valence-corrected chi connectivity index (χ1v) is 7.39. The molecule has 4 aliphatic carbocycles. The number of hydrogen-bond acceptors (Lipinski definition) is 3. The Bertz CT molecular complexity index is 416. The molecule has 0 amide bonds. The number of alkyl halides is 3. The summed E-state index contributed by atoms with van der Waals surface area (Å²) in [5, 5.41) is 0. The van der Waals surface area contributed by atoms with Crippen molar-refractivity contribution in [1.82, 2.24) is 0 Å². The van der Waals surface area contributed by atoms with Crippen LogP contribution in [0.3, 0.4) is 0 Å². The van der Waals surface area contributed by atoms with Crippen LogP contribution in [-0.2, 0) is 14.3 Å². The summed E-state index contributed by atoms with van der Waals surface area (Å²) >= 11 is 0. The van der Waals surface area contributed by atoms with E-state index in [-0.39, 0.29) is 6.10 Å². The maximum atomic E-state index is 12.3. The first-order valence-electron chi connectivity index (χ1n) is 7.39. The van der Waals surface area contributed by atoms with Crippen molar-refractivity contribution in [3.05, 3.63) is 12.2 Å². The summed E-state index contributed by atoms with van der Waals surface area (Å²) < 4.78 is 47.0. The van der Waals surface area contributed by atoms with Gasteiger partial charge in [-0.1, -0.05) is 6.58 Å². The standard InChI is InChI=1S/C15H19F3O3/c1-8(15(16,17)18)14(19)21-7-20-13-11-3-9-2-10(5-11)6-12(13)4-9/h9-13H,1-7H2. The van der Waals surface area contributed by atoms with E-state index in [0.717, 1.165) is 37.5 Å². The van der Waals surface area contributed by atoms with E-state index in [1.165, 1.54) is 6.42 Å². The number of halogens is 3. The van der Waals surface area contributed by atoms with Gasteiger partial charge in [-0.2, -0.15) is 13.2 Å². The molecule has 118 valence electrons. The van der Waals surface area contributed by atoms with Gasteiger partial charge in [-0.3, -0.25) is 0 Å². The van der Waals surface area contributed by atoms with Crippen molar-refractivity contribution in [2.45, 2.75) is 44.4 Å². The summed E-state index contributed by atoms with van der Waals surface area (Å²) in [6.45, 7) is 2.29. The van der Waals surface area contributed by atoms with Gasteiger partial charge < -0.3 is 9.47 Å². The van der Waals surface area contributed by atoms with E-state index in [9.17, 15) is 18.0 Å². The van der Waals surface area contributed by atoms with Gasteiger partial charge in [-0.05, 0) is 55.8 Å². The van der Waals surface area contributed by atoms with Crippen molar-refractivity contribution in [2.75, 3.05) is 6.79 Å². The third-order valence-corrected chi connectivity index (χ3v) is 5.18. The SMILES string of the molecule is C=C(C(=O)OCOC1C2CC3CC(C2)CC1C3)C(F)(F)F. The summed E-state index contributed by atoms with van der Waals surface area (Å²) in [5.74, 6) is 1.09. The normalized spacial score (nSPS) is 37.6. The minimum Gasteiger partial charge on any atom is -0.435 e. The zero-order valence-corrected chi connectivity index (χ0v) is 11.7. The fourth-order valence-corrected chi connectivity index (χ4v) is 4.52. The predicted molar refractivity (Wildman–Crippen MR) is 68.1 cm³/mol. The average Bonchev–Trinajstić information content (AvgIpc) is 2.39. The van der Waals surface area contributed by atoms with Gasteiger partial charge in [0.2, 0.25) is 0 Å². The van der Waals surface area contributed by atoms with Crippen LogP contribution >= 0.6 is 0 Å². The number of carbonyl (C=O) groups excluding carboxylic acids is 1. The Kier molecular flexibility index (Phi) is 3.76. The summed E-state index contributed by atoms with van der Waals surface area (Å²) in [5.41, 5.74) is -1.49. The second-order valence-corrected chi connectivity index (χ2v) is 6.59. The molecular formula is C15H19F3O3. The van der Waals surface area contributed by atoms with E-state index < -0.39 is 24.5 Å². The van der Waals surface area contributed by atoms with E-state index >= 15 is 0 Å². The molecule has 0 heterocycles. The van der Waals surface area contributed by atoms with Gasteiger partial charge in [0.1, 0.15) is 5.57 Å². The van der Waals surface area contributed by atoms with Crippen molar-refractivity contribution < 1.29 is 27.4 Å². The number of hydrogen-bond donors (Lipinski definition) is 0. The maximum absolute atomic E-state index is 12.3. The third-order valence-electron chi connectivity index (χ3n) is 5.18. The van der Waals surface area contributed by atoms with Crippen molar-refractivity contribution in [3.63, 3.8) is 0 Å². The first-order chi connectivity index (χ1) is 9.84. The highest BCUT2D eigenvalue weighted by Gasteiger charge is 2.49. The zero-order chi connectivity index (χ0) is 15.2. The summed E-state index contributed by atoms with van der Waals surface area (Å²) in [6.07, 6.45) is 1.16. The van der Waals surface area contributed by atoms with Gasteiger partial charge in [-0.25, -0.2) is 4.79 Å². The van der Waals surface area contributed by atoms with Crippen LogP contribution in [0.1, 0.15) is 32.1 Å². The van der Waals surface area contributed by atoms with E-state index in [1.807, 2.05) is 0 Å². The molecule has 0 unspecified atom stereocenters. The fraction of sp³-hybridized carbons (Fsp3) is 0.800. The van der Waals surface area contributed by atoms with Crippen LogP contribution < -0.4 is 0 Å². The quantitative estimate of drug-likeness (QED) is 0.453. The number of esters is 1. The van der Waals surface area contributed by atoms with Crippen LogP contribution in [0.4, 0.5) is 13.2 Å². The van der Waals surface area contributed by atoms with Crippen molar-refractivity contribution >= 4 is 5.97 Å². The lowest BCUT2D eigenvalue weighted by Gasteiger charge is -2.53. The van der Waals surface area contributed by atoms with Crippen LogP contribution in [0.25, 0.3) is 0 Å². The lowest BCUT2D eigenvalue weighted by Crippen LogP contribution is -2.49. The van der Waals surface area contributed by atoms with E-state index in [2.05, 4.69) is 11.3 Å². The molecule has 0 aliphatic heterocycles. The molecule has 4 saturated carbocycles. The largest absolute Gasteiger partial charge is 0.435 e. The Morgan fingerprint density at radius 2 is 1.57 bits per heavy atom. The Morgan fingerprint density at radius 1 is 1.05 bits per heavy atom. The van der Waals surface area contributed by atoms with Crippen molar-refractivity contribution in [1.29, 1.82) is 0 Å². The molecule has 0 aromatic heterocycles. The van der Waals surface area contributed by atoms with Gasteiger partial charge in [0, 0.05) is 0 Å². The minimum absolute atomic E-state index is 0.0322. The van der Waals surface area contributed by atoms with E-state index in [1.54, 1.807) is 0 Å². The van der Waals surface area contributed by atoms with Gasteiger partial charge in [0.05, 0.1) is 6.10 Å². The molecule has 0 N–H and O–H groups in total. The third kappa shape index (κ3) is 2.96. The fourth-order valence-electron chi connectivity index (χ4n) is 4.52. The van der Waals surface area contributed by atoms with Gasteiger partial charge in [0.15, 0.2) is 6.79 Å². The molecule has 4 fully saturated rings. The maximum Gasteiger partial charge on any atom is 0.422 e. The smallest absolute Gasteiger partial charge is 0.422 e. The topological polar surface area (TPSA) is 35.5 Å². The number of rotatable bonds is 4. The summed E-state index contributed by atoms with van der Waals surface area (Å²) in [7, 11) is 0. The Balaban J connectivity index is 1.48. The van der Waals surface area contributed by atoms with Crippen LogP contribution in [-0.4, -0.2) is 25.0 Å². The lowest BCUT2D eigenvalue weighted by molar-refractivity contribution is -0.188. The highest BCUT2D eigenvalue weighted by molar-refractivity contribution is 5.89. The summed E-state index contributed by atoms with van der Waals surface area (Å²) in [4.78, 5) is 11.2. The molecule has 0 aromatic rings. The second-order valence-electron chi connectivity index (χ2n) is 6.59. The molecule has 21 heavy (non-hydrogen) atoms. The van der Waals surface area contributed by atoms with Gasteiger partial charge in [0.25, 0.3) is 0 Å². The first kappa shape index (κ1) is 14.9. The van der Waals surface area contributed by atoms with Gasteiger partial charge >= 0.3 is 12.1 Å². The highest BCUT2D eigenvalue weighted by Crippen LogP contribution is 2.54. The summed E-state index contributed by atoms with van der Waals surface area (Å²) in [6, 6.07) is 0. The molecule has 4 aliphatic rings. The molecule has 3 nitrogen and oxygen atoms in total. The van der Waals surface area contributed by atoms with Crippen LogP contribution in [0.2, 0.25) is 0 Å². The van der Waals surface area contributed by atoms with Crippen LogP contribution in [0, 0.1) is 23.7 Å². The Hall–Kier alpha value is -1.04. The molecule has 0 spiro atoms. The van der Waals surface area contributed by atoms with Gasteiger partial charge in [-0.15, -0.1) is 0 Å². The van der Waals surface area contributed by atoms with Crippen LogP contribution in [0.15, 0.2) is 12.2 Å². The Labute approximate surface area is 121 Å². The molecule has 0 radical (unpaired) electrons. The van der Waals surface area contributed by atoms with E-state index in [4.69, 9.17) is 4.74 Å². The molecule has 0 atom stereocenters. The molecule has 0 aromatic carbocycles. The van der Waals surface area contributed by atoms with E-state index in [0.29, 0.717) is 11.8 Å². The molecule has 6 heteroatoms. The van der Waals surface area contributed by atoms with Crippen molar-refractivity contribution in [3.8, 4) is 0 Å². The zero-order valence-electron chi connectivity index (χ0n) is 11.7. The molecule has 4 bridgehead atoms. The van der Waals surface area contributed by atoms with Crippen LogP contribution in [0.5, 0.6) is 0 Å². The monoisotopic (exact) mass is 304 g/mol. The molecular weight excluding hydrogens is 285 g/mol. The average molecular weight is 304 g/mol. The molecule has 4 rings (SSSR count). The second kappa shape index (κ2) is 5.30. The number of ether oxygens (including phenoxy) is 2. The molecule has 0 saturated heterocycles.